The maximum atomic E-state index is 11.8. The average Bonchev–Trinajstić information content (AvgIpc) is 2.85. The van der Waals surface area contributed by atoms with Gasteiger partial charge in [-0.05, 0) is 44.2 Å². The Bertz CT molecular complexity index is 301. The van der Waals surface area contributed by atoms with Crippen LogP contribution in [0.1, 0.15) is 44.9 Å². The number of piperidine rings is 1. The van der Waals surface area contributed by atoms with Gasteiger partial charge in [0.1, 0.15) is 0 Å². The van der Waals surface area contributed by atoms with Crippen LogP contribution in [-0.2, 0) is 4.79 Å². The van der Waals surface area contributed by atoms with Crippen molar-refractivity contribution >= 4 is 5.91 Å². The predicted molar refractivity (Wildman–Crippen MR) is 77.9 cm³/mol. The lowest BCUT2D eigenvalue weighted by atomic mass is 9.76. The Labute approximate surface area is 117 Å². The lowest BCUT2D eigenvalue weighted by Gasteiger charge is -2.42. The molecule has 0 aromatic rings. The van der Waals surface area contributed by atoms with E-state index in [4.69, 9.17) is 5.73 Å². The standard InChI is InChI=1S/C15H29N3O/c1-17(2)14(19)11-13(12-16)18-9-7-15(8-10-18)5-3-4-6-15/h13H,3-12,16H2,1-2H3. The van der Waals surface area contributed by atoms with Gasteiger partial charge in [-0.25, -0.2) is 0 Å². The molecule has 4 nitrogen and oxygen atoms in total. The van der Waals surface area contributed by atoms with Crippen molar-refractivity contribution in [1.82, 2.24) is 9.80 Å². The van der Waals surface area contributed by atoms with Gasteiger partial charge >= 0.3 is 0 Å². The van der Waals surface area contributed by atoms with Crippen LogP contribution >= 0.6 is 0 Å². The molecule has 1 saturated carbocycles. The maximum absolute atomic E-state index is 11.8. The van der Waals surface area contributed by atoms with E-state index in [-0.39, 0.29) is 11.9 Å². The Morgan fingerprint density at radius 2 is 1.79 bits per heavy atom. The van der Waals surface area contributed by atoms with E-state index >= 15 is 0 Å². The molecular weight excluding hydrogens is 238 g/mol. The third-order valence-corrected chi connectivity index (χ3v) is 5.22. The Morgan fingerprint density at radius 3 is 2.26 bits per heavy atom. The number of likely N-dealkylation sites (tertiary alicyclic amines) is 1. The van der Waals surface area contributed by atoms with Gasteiger partial charge in [0.05, 0.1) is 0 Å². The normalized spacial score (nSPS) is 24.6. The fraction of sp³-hybridized carbons (Fsp3) is 0.933. The molecule has 4 heteroatoms. The van der Waals surface area contributed by atoms with Crippen LogP contribution in [0.5, 0.6) is 0 Å². The SMILES string of the molecule is CN(C)C(=O)CC(CN)N1CCC2(CCCC2)CC1. The Hall–Kier alpha value is -0.610. The first-order valence-electron chi connectivity index (χ1n) is 7.71. The van der Waals surface area contributed by atoms with E-state index in [1.807, 2.05) is 14.1 Å². The molecule has 1 atom stereocenters. The highest BCUT2D eigenvalue weighted by Gasteiger charge is 2.38. The number of amides is 1. The summed E-state index contributed by atoms with van der Waals surface area (Å²) in [7, 11) is 3.64. The molecule has 1 aliphatic carbocycles. The molecular formula is C15H29N3O. The molecule has 1 amide bonds. The van der Waals surface area contributed by atoms with Crippen LogP contribution in [0.4, 0.5) is 0 Å². The summed E-state index contributed by atoms with van der Waals surface area (Å²) in [6, 6.07) is 0.230. The van der Waals surface area contributed by atoms with E-state index in [2.05, 4.69) is 4.90 Å². The molecule has 1 heterocycles. The maximum Gasteiger partial charge on any atom is 0.223 e. The molecule has 0 aromatic heterocycles. The molecule has 1 saturated heterocycles. The minimum atomic E-state index is 0.191. The summed E-state index contributed by atoms with van der Waals surface area (Å²) in [5.41, 5.74) is 6.52. The third-order valence-electron chi connectivity index (χ3n) is 5.22. The molecule has 1 aliphatic heterocycles. The lowest BCUT2D eigenvalue weighted by molar-refractivity contribution is -0.130. The molecule has 1 spiro atoms. The quantitative estimate of drug-likeness (QED) is 0.838. The second-order valence-electron chi connectivity index (χ2n) is 6.62. The summed E-state index contributed by atoms with van der Waals surface area (Å²) in [6.07, 6.45) is 8.85. The zero-order valence-electron chi connectivity index (χ0n) is 12.5. The Morgan fingerprint density at radius 1 is 1.21 bits per heavy atom. The minimum absolute atomic E-state index is 0.191. The fourth-order valence-corrected chi connectivity index (χ4v) is 3.73. The van der Waals surface area contributed by atoms with Gasteiger partial charge in [-0.15, -0.1) is 0 Å². The number of nitrogens with two attached hydrogens (primary N) is 1. The highest BCUT2D eigenvalue weighted by atomic mass is 16.2. The van der Waals surface area contributed by atoms with Crippen molar-refractivity contribution in [3.05, 3.63) is 0 Å². The molecule has 19 heavy (non-hydrogen) atoms. The van der Waals surface area contributed by atoms with Gasteiger partial charge in [0, 0.05) is 33.1 Å². The molecule has 1 unspecified atom stereocenters. The first kappa shape index (κ1) is 14.8. The molecule has 0 bridgehead atoms. The van der Waals surface area contributed by atoms with Crippen molar-refractivity contribution in [3.8, 4) is 0 Å². The van der Waals surface area contributed by atoms with Crippen molar-refractivity contribution in [2.24, 2.45) is 11.1 Å². The number of hydrogen-bond donors (Lipinski definition) is 1. The molecule has 2 rings (SSSR count). The van der Waals surface area contributed by atoms with Crippen LogP contribution in [0.2, 0.25) is 0 Å². The molecule has 0 aromatic carbocycles. The van der Waals surface area contributed by atoms with E-state index in [1.54, 1.807) is 4.90 Å². The van der Waals surface area contributed by atoms with Crippen molar-refractivity contribution in [3.63, 3.8) is 0 Å². The van der Waals surface area contributed by atoms with Crippen molar-refractivity contribution in [2.45, 2.75) is 51.0 Å². The van der Waals surface area contributed by atoms with E-state index in [1.165, 1.54) is 38.5 Å². The number of nitrogens with zero attached hydrogens (tertiary/aromatic N) is 2. The van der Waals surface area contributed by atoms with Gasteiger partial charge in [0.15, 0.2) is 0 Å². The summed E-state index contributed by atoms with van der Waals surface area (Å²) in [5, 5.41) is 0. The van der Waals surface area contributed by atoms with Crippen LogP contribution in [0, 0.1) is 5.41 Å². The monoisotopic (exact) mass is 267 g/mol. The molecule has 2 fully saturated rings. The second kappa shape index (κ2) is 6.23. The van der Waals surface area contributed by atoms with Crippen LogP contribution < -0.4 is 5.73 Å². The van der Waals surface area contributed by atoms with Crippen molar-refractivity contribution < 1.29 is 4.79 Å². The summed E-state index contributed by atoms with van der Waals surface area (Å²) in [4.78, 5) is 16.0. The number of carbonyl (C=O) groups is 1. The summed E-state index contributed by atoms with van der Waals surface area (Å²) in [5.74, 6) is 0.191. The van der Waals surface area contributed by atoms with Gasteiger partial charge in [-0.2, -0.15) is 0 Å². The van der Waals surface area contributed by atoms with Gasteiger partial charge < -0.3 is 10.6 Å². The van der Waals surface area contributed by atoms with E-state index < -0.39 is 0 Å². The molecule has 0 radical (unpaired) electrons. The van der Waals surface area contributed by atoms with Crippen molar-refractivity contribution in [1.29, 1.82) is 0 Å². The first-order chi connectivity index (χ1) is 9.06. The number of rotatable bonds is 4. The minimum Gasteiger partial charge on any atom is -0.349 e. The second-order valence-corrected chi connectivity index (χ2v) is 6.62. The number of hydrogen-bond acceptors (Lipinski definition) is 3. The van der Waals surface area contributed by atoms with Gasteiger partial charge in [-0.3, -0.25) is 9.69 Å². The van der Waals surface area contributed by atoms with Gasteiger partial charge in [-0.1, -0.05) is 12.8 Å². The zero-order valence-corrected chi connectivity index (χ0v) is 12.5. The van der Waals surface area contributed by atoms with Crippen LogP contribution in [0.3, 0.4) is 0 Å². The zero-order chi connectivity index (χ0) is 13.9. The van der Waals surface area contributed by atoms with Crippen LogP contribution in [0.25, 0.3) is 0 Å². The highest BCUT2D eigenvalue weighted by Crippen LogP contribution is 2.46. The Balaban J connectivity index is 1.86. The van der Waals surface area contributed by atoms with E-state index in [9.17, 15) is 4.79 Å². The topological polar surface area (TPSA) is 49.6 Å². The molecule has 2 N–H and O–H groups in total. The van der Waals surface area contributed by atoms with Crippen LogP contribution in [0.15, 0.2) is 0 Å². The lowest BCUT2D eigenvalue weighted by Crippen LogP contribution is -2.49. The first-order valence-corrected chi connectivity index (χ1v) is 7.71. The Kier molecular flexibility index (Phi) is 4.85. The predicted octanol–water partition coefficient (Wildman–Crippen LogP) is 1.45. The van der Waals surface area contributed by atoms with E-state index in [0.717, 1.165) is 13.1 Å². The smallest absolute Gasteiger partial charge is 0.223 e. The van der Waals surface area contributed by atoms with Crippen LogP contribution in [-0.4, -0.2) is 55.5 Å². The summed E-state index contributed by atoms with van der Waals surface area (Å²) >= 11 is 0. The van der Waals surface area contributed by atoms with Crippen molar-refractivity contribution in [2.75, 3.05) is 33.7 Å². The summed E-state index contributed by atoms with van der Waals surface area (Å²) in [6.45, 7) is 2.84. The molecule has 110 valence electrons. The number of carbonyl (C=O) groups excluding carboxylic acids is 1. The third kappa shape index (κ3) is 3.48. The molecule has 2 aliphatic rings. The van der Waals surface area contributed by atoms with E-state index in [0.29, 0.717) is 18.4 Å². The fourth-order valence-electron chi connectivity index (χ4n) is 3.73. The average molecular weight is 267 g/mol. The summed E-state index contributed by atoms with van der Waals surface area (Å²) < 4.78 is 0. The van der Waals surface area contributed by atoms with Gasteiger partial charge in [0.2, 0.25) is 5.91 Å². The largest absolute Gasteiger partial charge is 0.349 e. The highest BCUT2D eigenvalue weighted by molar-refractivity contribution is 5.76. The van der Waals surface area contributed by atoms with Gasteiger partial charge in [0.25, 0.3) is 0 Å².